The number of hydrogen-bond donors (Lipinski definition) is 2. The lowest BCUT2D eigenvalue weighted by Crippen LogP contribution is -2.35. The van der Waals surface area contributed by atoms with Crippen molar-refractivity contribution in [3.8, 4) is 5.75 Å². The predicted molar refractivity (Wildman–Crippen MR) is 91.2 cm³/mol. The summed E-state index contributed by atoms with van der Waals surface area (Å²) in [6.45, 7) is 1.97. The van der Waals surface area contributed by atoms with Gasteiger partial charge in [0.25, 0.3) is 5.91 Å². The third-order valence-corrected chi connectivity index (χ3v) is 3.74. The lowest BCUT2D eigenvalue weighted by molar-refractivity contribution is -0.136. The number of aliphatic carboxylic acids is 1. The fourth-order valence-electron chi connectivity index (χ4n) is 2.09. The minimum Gasteiger partial charge on any atom is -0.481 e. The molecule has 0 aliphatic rings. The van der Waals surface area contributed by atoms with Gasteiger partial charge in [0, 0.05) is 11.6 Å². The molecule has 1 atom stereocenters. The summed E-state index contributed by atoms with van der Waals surface area (Å²) in [5.41, 5.74) is 1.50. The number of nitrogens with one attached hydrogen (secondary N) is 1. The van der Waals surface area contributed by atoms with Gasteiger partial charge in [0.05, 0.1) is 6.42 Å². The second kappa shape index (κ2) is 8.36. The highest BCUT2D eigenvalue weighted by Crippen LogP contribution is 2.16. The monoisotopic (exact) mass is 347 g/mol. The summed E-state index contributed by atoms with van der Waals surface area (Å²) in [4.78, 5) is 22.7. The summed E-state index contributed by atoms with van der Waals surface area (Å²) >= 11 is 6.04. The van der Waals surface area contributed by atoms with Crippen molar-refractivity contribution >= 4 is 23.5 Å². The van der Waals surface area contributed by atoms with Gasteiger partial charge in [0.1, 0.15) is 5.75 Å². The van der Waals surface area contributed by atoms with Crippen LogP contribution in [0.1, 0.15) is 18.1 Å². The highest BCUT2D eigenvalue weighted by atomic mass is 35.5. The van der Waals surface area contributed by atoms with Crippen molar-refractivity contribution in [3.63, 3.8) is 0 Å². The van der Waals surface area contributed by atoms with Gasteiger partial charge in [-0.3, -0.25) is 9.59 Å². The molecule has 6 heteroatoms. The van der Waals surface area contributed by atoms with Gasteiger partial charge >= 0.3 is 5.97 Å². The van der Waals surface area contributed by atoms with Crippen LogP contribution in [0.15, 0.2) is 48.5 Å². The van der Waals surface area contributed by atoms with E-state index in [2.05, 4.69) is 5.32 Å². The molecule has 0 saturated heterocycles. The summed E-state index contributed by atoms with van der Waals surface area (Å²) in [6.07, 6.45) is -0.730. The molecule has 0 aliphatic heterocycles. The first-order valence-corrected chi connectivity index (χ1v) is 7.82. The van der Waals surface area contributed by atoms with E-state index in [0.29, 0.717) is 22.9 Å². The largest absolute Gasteiger partial charge is 0.481 e. The Kier molecular flexibility index (Phi) is 6.21. The third kappa shape index (κ3) is 5.28. The molecule has 0 heterocycles. The summed E-state index contributed by atoms with van der Waals surface area (Å²) in [7, 11) is 0. The summed E-state index contributed by atoms with van der Waals surface area (Å²) in [5, 5.41) is 12.1. The minimum atomic E-state index is -0.893. The number of hydrogen-bond acceptors (Lipinski definition) is 3. The van der Waals surface area contributed by atoms with Crippen LogP contribution in [0, 0.1) is 0 Å². The van der Waals surface area contributed by atoms with Crippen LogP contribution >= 0.6 is 11.6 Å². The zero-order valence-corrected chi connectivity index (χ0v) is 13.9. The summed E-state index contributed by atoms with van der Waals surface area (Å²) < 4.78 is 5.56. The molecule has 0 fully saturated rings. The molecule has 2 N–H and O–H groups in total. The van der Waals surface area contributed by atoms with E-state index in [9.17, 15) is 9.59 Å². The maximum Gasteiger partial charge on any atom is 0.307 e. The molecule has 0 saturated carbocycles. The smallest absolute Gasteiger partial charge is 0.307 e. The van der Waals surface area contributed by atoms with Crippen molar-refractivity contribution in [1.29, 1.82) is 0 Å². The van der Waals surface area contributed by atoms with Crippen LogP contribution in [0.2, 0.25) is 5.02 Å². The predicted octanol–water partition coefficient (Wildman–Crippen LogP) is 3.05. The lowest BCUT2D eigenvalue weighted by atomic mass is 10.1. The van der Waals surface area contributed by atoms with E-state index in [0.717, 1.165) is 5.56 Å². The van der Waals surface area contributed by atoms with E-state index in [1.54, 1.807) is 37.3 Å². The second-order valence-electron chi connectivity index (χ2n) is 5.28. The number of carbonyl (C=O) groups excluding carboxylic acids is 1. The zero-order chi connectivity index (χ0) is 17.5. The number of carboxylic acids is 1. The van der Waals surface area contributed by atoms with E-state index in [-0.39, 0.29) is 12.3 Å². The Hall–Kier alpha value is -2.53. The van der Waals surface area contributed by atoms with Crippen LogP contribution < -0.4 is 10.1 Å². The molecule has 0 radical (unpaired) electrons. The van der Waals surface area contributed by atoms with E-state index in [4.69, 9.17) is 21.4 Å². The van der Waals surface area contributed by atoms with Gasteiger partial charge in [-0.2, -0.15) is 0 Å². The van der Waals surface area contributed by atoms with Crippen LogP contribution in [0.25, 0.3) is 0 Å². The van der Waals surface area contributed by atoms with Crippen molar-refractivity contribution in [2.45, 2.75) is 26.0 Å². The quantitative estimate of drug-likeness (QED) is 0.807. The van der Waals surface area contributed by atoms with Crippen molar-refractivity contribution in [2.24, 2.45) is 0 Å². The van der Waals surface area contributed by atoms with Crippen molar-refractivity contribution in [1.82, 2.24) is 5.32 Å². The summed E-state index contributed by atoms with van der Waals surface area (Å²) in [5.74, 6) is -0.648. The Bertz CT molecular complexity index is 715. The SMILES string of the molecule is C[C@@H](Oc1ccc(CC(=O)O)cc1)C(=O)NCc1ccccc1Cl. The number of benzene rings is 2. The molecule has 1 amide bonds. The molecule has 0 bridgehead atoms. The Morgan fingerprint density at radius 1 is 1.17 bits per heavy atom. The number of carboxylic acid groups (broad SMARTS) is 1. The van der Waals surface area contributed by atoms with Gasteiger partial charge in [0.2, 0.25) is 0 Å². The normalized spacial score (nSPS) is 11.6. The number of carbonyl (C=O) groups is 2. The van der Waals surface area contributed by atoms with Crippen molar-refractivity contribution in [2.75, 3.05) is 0 Å². The average molecular weight is 348 g/mol. The molecule has 0 aromatic heterocycles. The number of ether oxygens (including phenoxy) is 1. The highest BCUT2D eigenvalue weighted by Gasteiger charge is 2.15. The highest BCUT2D eigenvalue weighted by molar-refractivity contribution is 6.31. The third-order valence-electron chi connectivity index (χ3n) is 3.37. The fraction of sp³-hybridized carbons (Fsp3) is 0.222. The van der Waals surface area contributed by atoms with Crippen LogP contribution in [0.4, 0.5) is 0 Å². The topological polar surface area (TPSA) is 75.6 Å². The van der Waals surface area contributed by atoms with Crippen molar-refractivity contribution < 1.29 is 19.4 Å². The standard InChI is InChI=1S/C18H18ClNO4/c1-12(18(23)20-11-14-4-2-3-5-16(14)19)24-15-8-6-13(7-9-15)10-17(21)22/h2-9,12H,10-11H2,1H3,(H,20,23)(H,21,22)/t12-/m1/s1. The number of halogens is 1. The molecule has 5 nitrogen and oxygen atoms in total. The van der Waals surface area contributed by atoms with Gasteiger partial charge in [-0.25, -0.2) is 0 Å². The molecule has 2 aromatic carbocycles. The van der Waals surface area contributed by atoms with E-state index >= 15 is 0 Å². The second-order valence-corrected chi connectivity index (χ2v) is 5.69. The molecular formula is C18H18ClNO4. The average Bonchev–Trinajstić information content (AvgIpc) is 2.55. The van der Waals surface area contributed by atoms with Gasteiger partial charge in [0.15, 0.2) is 6.10 Å². The first-order valence-electron chi connectivity index (χ1n) is 7.44. The maximum absolute atomic E-state index is 12.1. The van der Waals surface area contributed by atoms with E-state index in [1.165, 1.54) is 0 Å². The lowest BCUT2D eigenvalue weighted by Gasteiger charge is -2.15. The summed E-state index contributed by atoms with van der Waals surface area (Å²) in [6, 6.07) is 13.9. The fourth-order valence-corrected chi connectivity index (χ4v) is 2.29. The Morgan fingerprint density at radius 2 is 1.83 bits per heavy atom. The molecule has 2 rings (SSSR count). The van der Waals surface area contributed by atoms with E-state index < -0.39 is 12.1 Å². The van der Waals surface area contributed by atoms with Crippen LogP contribution in [0.3, 0.4) is 0 Å². The Balaban J connectivity index is 1.87. The number of rotatable bonds is 7. The Labute approximate surface area is 145 Å². The van der Waals surface area contributed by atoms with Crippen LogP contribution in [-0.2, 0) is 22.6 Å². The van der Waals surface area contributed by atoms with Gasteiger partial charge in [-0.05, 0) is 36.2 Å². The van der Waals surface area contributed by atoms with Gasteiger partial charge in [-0.15, -0.1) is 0 Å². The minimum absolute atomic E-state index is 0.0475. The van der Waals surface area contributed by atoms with Crippen LogP contribution in [0.5, 0.6) is 5.75 Å². The first-order chi connectivity index (χ1) is 11.5. The van der Waals surface area contributed by atoms with Gasteiger partial charge < -0.3 is 15.2 Å². The molecule has 0 aliphatic carbocycles. The maximum atomic E-state index is 12.1. The molecule has 2 aromatic rings. The van der Waals surface area contributed by atoms with Gasteiger partial charge in [-0.1, -0.05) is 41.9 Å². The Morgan fingerprint density at radius 3 is 2.46 bits per heavy atom. The zero-order valence-electron chi connectivity index (χ0n) is 13.2. The van der Waals surface area contributed by atoms with Crippen molar-refractivity contribution in [3.05, 3.63) is 64.7 Å². The molecule has 126 valence electrons. The van der Waals surface area contributed by atoms with E-state index in [1.807, 2.05) is 18.2 Å². The molecule has 0 unspecified atom stereocenters. The van der Waals surface area contributed by atoms with Crippen LogP contribution in [-0.4, -0.2) is 23.1 Å². The molecule has 24 heavy (non-hydrogen) atoms. The molecular weight excluding hydrogens is 330 g/mol. The first kappa shape index (κ1) is 17.8. The number of amides is 1. The molecule has 0 spiro atoms.